The monoisotopic (exact) mass is 619 g/mol. The van der Waals surface area contributed by atoms with Gasteiger partial charge in [0.25, 0.3) is 0 Å². The van der Waals surface area contributed by atoms with Crippen LogP contribution in [0.4, 0.5) is 5.69 Å². The molecule has 0 aromatic heterocycles. The number of carbonyl (C=O) groups is 2. The van der Waals surface area contributed by atoms with Crippen LogP contribution in [0.15, 0.2) is 40.9 Å². The highest BCUT2D eigenvalue weighted by Crippen LogP contribution is 2.28. The number of halogens is 3. The number of aryl methyl sites for hydroxylation is 1. The Hall–Kier alpha value is -1.81. The van der Waals surface area contributed by atoms with Gasteiger partial charge in [-0.25, -0.2) is 8.42 Å². The summed E-state index contributed by atoms with van der Waals surface area (Å²) in [5.74, 6) is -0.661. The molecular weight excluding hydrogens is 589 g/mol. The van der Waals surface area contributed by atoms with Crippen molar-refractivity contribution in [1.29, 1.82) is 0 Å². The van der Waals surface area contributed by atoms with E-state index in [0.717, 1.165) is 20.6 Å². The number of hydrogen-bond donors (Lipinski definition) is 1. The molecule has 0 fully saturated rings. The topological polar surface area (TPSA) is 86.8 Å². The van der Waals surface area contributed by atoms with E-state index in [0.29, 0.717) is 34.3 Å². The summed E-state index contributed by atoms with van der Waals surface area (Å²) in [6.45, 7) is 7.46. The largest absolute Gasteiger partial charge is 0.354 e. The maximum atomic E-state index is 13.7. The van der Waals surface area contributed by atoms with Crippen molar-refractivity contribution in [2.75, 3.05) is 23.7 Å². The Kier molecular flexibility index (Phi) is 11.1. The van der Waals surface area contributed by atoms with E-state index < -0.39 is 28.5 Å². The molecule has 2 aromatic rings. The second-order valence-corrected chi connectivity index (χ2v) is 12.6. The first kappa shape index (κ1) is 30.4. The Morgan fingerprint density at radius 1 is 1.11 bits per heavy atom. The van der Waals surface area contributed by atoms with Crippen molar-refractivity contribution >= 4 is 66.7 Å². The van der Waals surface area contributed by atoms with E-state index in [2.05, 4.69) is 21.2 Å². The van der Waals surface area contributed by atoms with Crippen molar-refractivity contribution in [1.82, 2.24) is 10.2 Å². The second-order valence-electron chi connectivity index (χ2n) is 8.99. The predicted molar refractivity (Wildman–Crippen MR) is 150 cm³/mol. The molecule has 2 aromatic carbocycles. The summed E-state index contributed by atoms with van der Waals surface area (Å²) in [5, 5.41) is 3.57. The minimum atomic E-state index is -3.82. The van der Waals surface area contributed by atoms with Gasteiger partial charge < -0.3 is 10.2 Å². The average molecular weight is 621 g/mol. The summed E-state index contributed by atoms with van der Waals surface area (Å²) in [7, 11) is -3.82. The normalized spacial score (nSPS) is 12.4. The standard InChI is InChI=1S/C25H32BrCl2N3O4S/c1-6-23(25(33)29-13-16(2)3)30(14-19-21(27)8-7-9-22(19)28)24(32)15-31(36(5,34)35)18-10-11-20(26)17(4)12-18/h7-12,16,23H,6,13-15H2,1-5H3,(H,29,33)/t23-/m1/s1. The predicted octanol–water partition coefficient (Wildman–Crippen LogP) is 5.41. The molecule has 7 nitrogen and oxygen atoms in total. The van der Waals surface area contributed by atoms with Gasteiger partial charge in [0.05, 0.1) is 11.9 Å². The zero-order chi connectivity index (χ0) is 27.2. The van der Waals surface area contributed by atoms with Gasteiger partial charge >= 0.3 is 0 Å². The molecule has 0 saturated carbocycles. The van der Waals surface area contributed by atoms with Gasteiger partial charge in [0.2, 0.25) is 21.8 Å². The summed E-state index contributed by atoms with van der Waals surface area (Å²) >= 11 is 16.2. The van der Waals surface area contributed by atoms with Gasteiger partial charge in [-0.1, -0.05) is 66.0 Å². The van der Waals surface area contributed by atoms with Gasteiger partial charge in [0.15, 0.2) is 0 Å². The zero-order valence-electron chi connectivity index (χ0n) is 21.0. The Morgan fingerprint density at radius 3 is 2.22 bits per heavy atom. The number of anilines is 1. The molecule has 1 atom stereocenters. The lowest BCUT2D eigenvalue weighted by molar-refractivity contribution is -0.140. The Morgan fingerprint density at radius 2 is 1.72 bits per heavy atom. The molecule has 0 heterocycles. The van der Waals surface area contributed by atoms with Gasteiger partial charge in [0, 0.05) is 33.2 Å². The highest BCUT2D eigenvalue weighted by atomic mass is 79.9. The molecule has 11 heteroatoms. The molecule has 36 heavy (non-hydrogen) atoms. The number of rotatable bonds is 11. The molecule has 0 aliphatic rings. The molecule has 0 radical (unpaired) electrons. The molecule has 0 bridgehead atoms. The highest BCUT2D eigenvalue weighted by molar-refractivity contribution is 9.10. The van der Waals surface area contributed by atoms with Gasteiger partial charge in [0.1, 0.15) is 12.6 Å². The minimum Gasteiger partial charge on any atom is -0.354 e. The fraction of sp³-hybridized carbons (Fsp3) is 0.440. The third-order valence-corrected chi connectivity index (χ3v) is 8.31. The van der Waals surface area contributed by atoms with E-state index >= 15 is 0 Å². The Bertz CT molecular complexity index is 1190. The van der Waals surface area contributed by atoms with E-state index in [9.17, 15) is 18.0 Å². The van der Waals surface area contributed by atoms with Gasteiger partial charge in [-0.2, -0.15) is 0 Å². The van der Waals surface area contributed by atoms with Crippen LogP contribution in [0, 0.1) is 12.8 Å². The van der Waals surface area contributed by atoms with Crippen LogP contribution in [0.1, 0.15) is 38.3 Å². The van der Waals surface area contributed by atoms with Crippen LogP contribution < -0.4 is 9.62 Å². The second kappa shape index (κ2) is 13.1. The summed E-state index contributed by atoms with van der Waals surface area (Å²) < 4.78 is 27.3. The molecule has 1 N–H and O–H groups in total. The van der Waals surface area contributed by atoms with Crippen LogP contribution in [0.3, 0.4) is 0 Å². The zero-order valence-corrected chi connectivity index (χ0v) is 24.9. The molecule has 0 aliphatic heterocycles. The van der Waals surface area contributed by atoms with Gasteiger partial charge in [-0.3, -0.25) is 13.9 Å². The lowest BCUT2D eigenvalue weighted by Gasteiger charge is -2.33. The number of carbonyl (C=O) groups excluding carboxylic acids is 2. The fourth-order valence-corrected chi connectivity index (χ4v) is 5.20. The van der Waals surface area contributed by atoms with Gasteiger partial charge in [-0.15, -0.1) is 0 Å². The SMILES string of the molecule is CC[C@H](C(=O)NCC(C)C)N(Cc1c(Cl)cccc1Cl)C(=O)CN(c1ccc(Br)c(C)c1)S(C)(=O)=O. The van der Waals surface area contributed by atoms with Crippen molar-refractivity contribution in [3.05, 3.63) is 62.0 Å². The van der Waals surface area contributed by atoms with E-state index in [1.807, 2.05) is 20.8 Å². The third kappa shape index (κ3) is 8.10. The van der Waals surface area contributed by atoms with Crippen molar-refractivity contribution in [3.63, 3.8) is 0 Å². The number of amides is 2. The molecule has 0 unspecified atom stereocenters. The Labute approximate surface area is 232 Å². The molecule has 2 amide bonds. The van der Waals surface area contributed by atoms with E-state index in [4.69, 9.17) is 23.2 Å². The summed E-state index contributed by atoms with van der Waals surface area (Å²) in [6, 6.07) is 9.17. The maximum absolute atomic E-state index is 13.7. The smallest absolute Gasteiger partial charge is 0.244 e. The highest BCUT2D eigenvalue weighted by Gasteiger charge is 2.32. The third-order valence-electron chi connectivity index (χ3n) is 5.57. The van der Waals surface area contributed by atoms with Crippen LogP contribution in [-0.4, -0.2) is 50.5 Å². The number of sulfonamides is 1. The lowest BCUT2D eigenvalue weighted by atomic mass is 10.1. The first-order valence-electron chi connectivity index (χ1n) is 11.5. The molecule has 0 saturated heterocycles. The number of nitrogens with one attached hydrogen (secondary N) is 1. The number of hydrogen-bond acceptors (Lipinski definition) is 4. The summed E-state index contributed by atoms with van der Waals surface area (Å²) in [4.78, 5) is 28.2. The van der Waals surface area contributed by atoms with Crippen LogP contribution in [0.25, 0.3) is 0 Å². The lowest BCUT2D eigenvalue weighted by Crippen LogP contribution is -2.52. The first-order valence-corrected chi connectivity index (χ1v) is 14.9. The van der Waals surface area contributed by atoms with E-state index in [1.165, 1.54) is 4.90 Å². The Balaban J connectivity index is 2.50. The summed E-state index contributed by atoms with van der Waals surface area (Å²) in [5.41, 5.74) is 1.64. The minimum absolute atomic E-state index is 0.0537. The fourth-order valence-electron chi connectivity index (χ4n) is 3.59. The van der Waals surface area contributed by atoms with Crippen molar-refractivity contribution in [2.45, 2.75) is 46.7 Å². The summed E-state index contributed by atoms with van der Waals surface area (Å²) in [6.07, 6.45) is 1.35. The van der Waals surface area contributed by atoms with Gasteiger partial charge in [-0.05, 0) is 55.2 Å². The van der Waals surface area contributed by atoms with Crippen LogP contribution in [0.2, 0.25) is 10.0 Å². The van der Waals surface area contributed by atoms with Crippen molar-refractivity contribution in [3.8, 4) is 0 Å². The quantitative estimate of drug-likeness (QED) is 0.364. The first-order chi connectivity index (χ1) is 16.8. The van der Waals surface area contributed by atoms with E-state index in [1.54, 1.807) is 43.3 Å². The molecule has 2 rings (SSSR count). The number of benzene rings is 2. The van der Waals surface area contributed by atoms with E-state index in [-0.39, 0.29) is 18.4 Å². The van der Waals surface area contributed by atoms with Crippen LogP contribution >= 0.6 is 39.1 Å². The molecule has 0 aliphatic carbocycles. The number of nitrogens with zero attached hydrogens (tertiary/aromatic N) is 2. The van der Waals surface area contributed by atoms with Crippen LogP contribution in [0.5, 0.6) is 0 Å². The average Bonchev–Trinajstić information content (AvgIpc) is 2.78. The molecular formula is C25H32BrCl2N3O4S. The molecule has 0 spiro atoms. The molecule has 198 valence electrons. The maximum Gasteiger partial charge on any atom is 0.244 e. The van der Waals surface area contributed by atoms with Crippen molar-refractivity contribution < 1.29 is 18.0 Å². The van der Waals surface area contributed by atoms with Crippen LogP contribution in [-0.2, 0) is 26.2 Å². The van der Waals surface area contributed by atoms with Crippen molar-refractivity contribution in [2.24, 2.45) is 5.92 Å².